The monoisotopic (exact) mass is 379 g/mol. The number of aliphatic imine (C=N–C) groups is 1. The molecule has 1 fully saturated rings. The molecular formula is C18H25N3O4S. The third kappa shape index (κ3) is 4.37. The smallest absolute Gasteiger partial charge is 0.252 e. The molecule has 142 valence electrons. The van der Waals surface area contributed by atoms with Crippen LogP contribution in [0.15, 0.2) is 35.3 Å². The molecule has 1 saturated heterocycles. The Morgan fingerprint density at radius 1 is 1.27 bits per heavy atom. The van der Waals surface area contributed by atoms with Gasteiger partial charge in [0.25, 0.3) is 5.91 Å². The third-order valence-electron chi connectivity index (χ3n) is 4.43. The predicted molar refractivity (Wildman–Crippen MR) is 101 cm³/mol. The number of thioether (sulfide) groups is 1. The van der Waals surface area contributed by atoms with Gasteiger partial charge in [0.1, 0.15) is 23.7 Å². The molecule has 5 atom stereocenters. The fraction of sp³-hybridized carbons (Fsp3) is 0.556. The van der Waals surface area contributed by atoms with Crippen LogP contribution in [0.4, 0.5) is 0 Å². The number of nitrogens with zero attached hydrogens (tertiary/aromatic N) is 1. The normalized spacial score (nSPS) is 30.4. The first-order valence-electron chi connectivity index (χ1n) is 8.91. The van der Waals surface area contributed by atoms with Gasteiger partial charge in [0.2, 0.25) is 0 Å². The van der Waals surface area contributed by atoms with Crippen molar-refractivity contribution in [2.45, 2.75) is 49.6 Å². The van der Waals surface area contributed by atoms with Crippen LogP contribution in [-0.4, -0.2) is 64.2 Å². The molecule has 1 amide bonds. The molecule has 0 unspecified atom stereocenters. The summed E-state index contributed by atoms with van der Waals surface area (Å²) in [7, 11) is 0. The van der Waals surface area contributed by atoms with Crippen LogP contribution < -0.4 is 10.6 Å². The summed E-state index contributed by atoms with van der Waals surface area (Å²) in [6.07, 6.45) is -1.87. The highest BCUT2D eigenvalue weighted by atomic mass is 32.2. The Balaban J connectivity index is 1.49. The van der Waals surface area contributed by atoms with E-state index in [0.29, 0.717) is 18.3 Å². The fourth-order valence-corrected chi connectivity index (χ4v) is 4.23. The average Bonchev–Trinajstić information content (AvgIpc) is 3.06. The maximum absolute atomic E-state index is 12.4. The van der Waals surface area contributed by atoms with Crippen LogP contribution in [0.3, 0.4) is 0 Å². The molecule has 0 aromatic heterocycles. The molecule has 0 bridgehead atoms. The van der Waals surface area contributed by atoms with Gasteiger partial charge in [-0.25, -0.2) is 0 Å². The number of fused-ring (bicyclic) bond motifs is 1. The number of nitrogens with one attached hydrogen (secondary N) is 2. The average molecular weight is 379 g/mol. The minimum atomic E-state index is -1.30. The Hall–Kier alpha value is -1.61. The number of carbonyl (C=O) groups excluding carboxylic acids is 1. The number of benzene rings is 1. The Bertz CT molecular complexity index is 643. The van der Waals surface area contributed by atoms with Gasteiger partial charge in [-0.05, 0) is 25.3 Å². The Morgan fingerprint density at radius 3 is 2.77 bits per heavy atom. The molecule has 7 nitrogen and oxygen atoms in total. The molecule has 3 rings (SSSR count). The van der Waals surface area contributed by atoms with Gasteiger partial charge < -0.3 is 25.6 Å². The van der Waals surface area contributed by atoms with E-state index in [2.05, 4.69) is 15.6 Å². The molecule has 26 heavy (non-hydrogen) atoms. The van der Waals surface area contributed by atoms with E-state index < -0.39 is 35.7 Å². The summed E-state index contributed by atoms with van der Waals surface area (Å²) >= 11 is 1.34. The minimum Gasteiger partial charge on any atom is -0.388 e. The number of amides is 1. The molecule has 1 aromatic carbocycles. The zero-order chi connectivity index (χ0) is 18.5. The van der Waals surface area contributed by atoms with Crippen molar-refractivity contribution in [2.24, 2.45) is 4.99 Å². The van der Waals surface area contributed by atoms with Crippen LogP contribution in [-0.2, 0) is 16.0 Å². The Kier molecular flexibility index (Phi) is 6.53. The zero-order valence-corrected chi connectivity index (χ0v) is 15.5. The number of ether oxygens (including phenoxy) is 1. The highest BCUT2D eigenvalue weighted by molar-refractivity contribution is 8.14. The van der Waals surface area contributed by atoms with Crippen molar-refractivity contribution in [2.75, 3.05) is 13.1 Å². The van der Waals surface area contributed by atoms with Gasteiger partial charge in [-0.15, -0.1) is 0 Å². The largest absolute Gasteiger partial charge is 0.388 e. The molecule has 4 N–H and O–H groups in total. The van der Waals surface area contributed by atoms with E-state index in [0.717, 1.165) is 12.8 Å². The molecular weight excluding hydrogens is 354 g/mol. The Morgan fingerprint density at radius 2 is 2.04 bits per heavy atom. The van der Waals surface area contributed by atoms with E-state index in [9.17, 15) is 15.0 Å². The molecule has 0 radical (unpaired) electrons. The van der Waals surface area contributed by atoms with Crippen molar-refractivity contribution in [3.63, 3.8) is 0 Å². The van der Waals surface area contributed by atoms with E-state index in [1.165, 1.54) is 17.3 Å². The molecule has 2 aliphatic rings. The quantitative estimate of drug-likeness (QED) is 0.529. The second-order valence-corrected chi connectivity index (χ2v) is 7.45. The van der Waals surface area contributed by atoms with Gasteiger partial charge in [-0.1, -0.05) is 42.1 Å². The van der Waals surface area contributed by atoms with Crippen LogP contribution in [0.5, 0.6) is 0 Å². The lowest BCUT2D eigenvalue weighted by Crippen LogP contribution is -2.59. The lowest BCUT2D eigenvalue weighted by atomic mass is 9.97. The summed E-state index contributed by atoms with van der Waals surface area (Å²) in [6, 6.07) is 9.47. The van der Waals surface area contributed by atoms with E-state index in [4.69, 9.17) is 4.74 Å². The summed E-state index contributed by atoms with van der Waals surface area (Å²) in [5.74, 6) is -0.402. The van der Waals surface area contributed by atoms with Crippen molar-refractivity contribution in [1.29, 1.82) is 0 Å². The van der Waals surface area contributed by atoms with E-state index in [-0.39, 0.29) is 0 Å². The summed E-state index contributed by atoms with van der Waals surface area (Å²) in [5.41, 5.74) is 0.743. The van der Waals surface area contributed by atoms with Crippen molar-refractivity contribution in [3.8, 4) is 0 Å². The summed E-state index contributed by atoms with van der Waals surface area (Å²) in [6.45, 7) is 3.13. The molecule has 2 aliphatic heterocycles. The first kappa shape index (κ1) is 19.2. The first-order valence-corrected chi connectivity index (χ1v) is 9.79. The highest BCUT2D eigenvalue weighted by Crippen LogP contribution is 2.35. The third-order valence-corrected chi connectivity index (χ3v) is 5.53. The maximum atomic E-state index is 12.4. The van der Waals surface area contributed by atoms with Crippen LogP contribution in [0.2, 0.25) is 0 Å². The van der Waals surface area contributed by atoms with Gasteiger partial charge >= 0.3 is 0 Å². The molecule has 2 heterocycles. The first-order chi connectivity index (χ1) is 12.6. The number of rotatable bonds is 6. The fourth-order valence-electron chi connectivity index (χ4n) is 3.06. The van der Waals surface area contributed by atoms with Gasteiger partial charge in [0.05, 0.1) is 0 Å². The second kappa shape index (κ2) is 8.85. The number of aliphatic hydroxyl groups is 2. The second-order valence-electron chi connectivity index (χ2n) is 6.36. The highest BCUT2D eigenvalue weighted by Gasteiger charge is 2.50. The Labute approximate surface area is 157 Å². The van der Waals surface area contributed by atoms with Crippen LogP contribution >= 0.6 is 11.8 Å². The van der Waals surface area contributed by atoms with E-state index >= 15 is 0 Å². The van der Waals surface area contributed by atoms with Crippen molar-refractivity contribution in [1.82, 2.24) is 10.6 Å². The number of aliphatic hydroxyl groups excluding tert-OH is 2. The van der Waals surface area contributed by atoms with Crippen LogP contribution in [0.1, 0.15) is 18.9 Å². The topological polar surface area (TPSA) is 103 Å². The van der Waals surface area contributed by atoms with Crippen molar-refractivity contribution < 1.29 is 19.7 Å². The number of aryl methyl sites for hydroxylation is 1. The predicted octanol–water partition coefficient (Wildman–Crippen LogP) is 0.263. The van der Waals surface area contributed by atoms with E-state index in [1.807, 2.05) is 37.3 Å². The summed E-state index contributed by atoms with van der Waals surface area (Å²) in [5, 5.41) is 27.1. The molecule has 8 heteroatoms. The van der Waals surface area contributed by atoms with Crippen LogP contribution in [0, 0.1) is 0 Å². The van der Waals surface area contributed by atoms with Crippen molar-refractivity contribution in [3.05, 3.63) is 35.9 Å². The molecule has 0 saturated carbocycles. The van der Waals surface area contributed by atoms with Crippen LogP contribution in [0.25, 0.3) is 0 Å². The molecule has 0 aliphatic carbocycles. The van der Waals surface area contributed by atoms with Gasteiger partial charge in [0, 0.05) is 13.1 Å². The lowest BCUT2D eigenvalue weighted by molar-refractivity contribution is -0.171. The molecule has 0 spiro atoms. The minimum absolute atomic E-state index is 0.402. The standard InChI is InChI=1S/C18H25N3O4S/c1-2-19-18-21-12-13(22)14(23)15(25-17(12)26-18)16(24)20-10-6-9-11-7-4-3-5-8-11/h3-5,7-8,12-15,17,22-23H,2,6,9-10H2,1H3,(H,19,21)(H,20,24)/t12-,13-,14+,15+,17-/m1/s1. The van der Waals surface area contributed by atoms with Gasteiger partial charge in [-0.2, -0.15) is 0 Å². The number of carbonyl (C=O) groups is 1. The van der Waals surface area contributed by atoms with Gasteiger partial charge in [0.15, 0.2) is 11.3 Å². The molecule has 1 aromatic rings. The summed E-state index contributed by atoms with van der Waals surface area (Å²) in [4.78, 5) is 16.7. The zero-order valence-electron chi connectivity index (χ0n) is 14.7. The number of hydrogen-bond acceptors (Lipinski definition) is 7. The number of amidine groups is 1. The maximum Gasteiger partial charge on any atom is 0.252 e. The van der Waals surface area contributed by atoms with Crippen molar-refractivity contribution >= 4 is 22.8 Å². The number of hydrogen-bond donors (Lipinski definition) is 4. The van der Waals surface area contributed by atoms with E-state index in [1.54, 1.807) is 0 Å². The SMILES string of the molecule is CCNC1=N[C@@H]2[C@@H](O)[C@H](O)[C@@H](C(=O)NCCCc3ccccc3)O[C@@H]2S1. The lowest BCUT2D eigenvalue weighted by Gasteiger charge is -2.37. The summed E-state index contributed by atoms with van der Waals surface area (Å²) < 4.78 is 5.73. The van der Waals surface area contributed by atoms with Gasteiger partial charge in [-0.3, -0.25) is 9.79 Å².